The van der Waals surface area contributed by atoms with Crippen molar-refractivity contribution in [2.75, 3.05) is 57.4 Å². The minimum Gasteiger partial charge on any atom is -0.378 e. The van der Waals surface area contributed by atoms with Crippen LogP contribution in [0.2, 0.25) is 5.02 Å². The summed E-state index contributed by atoms with van der Waals surface area (Å²) < 4.78 is 5.33. The second-order valence-corrected chi connectivity index (χ2v) is 8.19. The molecule has 2 saturated heterocycles. The summed E-state index contributed by atoms with van der Waals surface area (Å²) in [6, 6.07) is 12.6. The largest absolute Gasteiger partial charge is 0.378 e. The summed E-state index contributed by atoms with van der Waals surface area (Å²) in [5.74, 6) is -0.168. The van der Waals surface area contributed by atoms with Crippen molar-refractivity contribution in [2.24, 2.45) is 0 Å². The molecule has 8 nitrogen and oxygen atoms in total. The Kier molecular flexibility index (Phi) is 6.70. The van der Waals surface area contributed by atoms with Crippen LogP contribution in [0.25, 0.3) is 0 Å². The van der Waals surface area contributed by atoms with E-state index in [2.05, 4.69) is 4.90 Å². The maximum Gasteiger partial charge on any atom is 0.293 e. The number of nitro benzene ring substituents is 1. The minimum absolute atomic E-state index is 0.0349. The highest BCUT2D eigenvalue weighted by molar-refractivity contribution is 6.30. The number of carbonyl (C=O) groups excluding carboxylic acids is 1. The minimum atomic E-state index is -0.412. The molecule has 0 bridgehead atoms. The molecule has 2 aliphatic heterocycles. The van der Waals surface area contributed by atoms with Crippen molar-refractivity contribution in [3.8, 4) is 0 Å². The van der Waals surface area contributed by atoms with Crippen molar-refractivity contribution in [1.29, 1.82) is 0 Å². The first-order valence-corrected chi connectivity index (χ1v) is 10.8. The molecule has 164 valence electrons. The normalized spacial score (nSPS) is 17.6. The molecule has 0 aromatic heterocycles. The summed E-state index contributed by atoms with van der Waals surface area (Å²) in [4.78, 5) is 30.2. The number of anilines is 1. The summed E-state index contributed by atoms with van der Waals surface area (Å²) >= 11 is 6.06. The Bertz CT molecular complexity index is 956. The van der Waals surface area contributed by atoms with Gasteiger partial charge in [-0.25, -0.2) is 0 Å². The molecule has 0 atom stereocenters. The number of benzene rings is 2. The van der Waals surface area contributed by atoms with Crippen LogP contribution in [0.3, 0.4) is 0 Å². The zero-order valence-corrected chi connectivity index (χ0v) is 18.0. The molecular weight excluding hydrogens is 420 g/mol. The van der Waals surface area contributed by atoms with E-state index in [0.29, 0.717) is 55.7 Å². The van der Waals surface area contributed by atoms with Crippen molar-refractivity contribution >= 4 is 28.9 Å². The predicted octanol–water partition coefficient (Wildman–Crippen LogP) is 3.04. The van der Waals surface area contributed by atoms with Gasteiger partial charge in [-0.2, -0.15) is 0 Å². The smallest absolute Gasteiger partial charge is 0.293 e. The zero-order chi connectivity index (χ0) is 21.8. The third-order valence-corrected chi connectivity index (χ3v) is 5.96. The number of hydrogen-bond donors (Lipinski definition) is 0. The maximum absolute atomic E-state index is 13.0. The number of amides is 1. The summed E-state index contributed by atoms with van der Waals surface area (Å²) in [5, 5.41) is 12.4. The van der Waals surface area contributed by atoms with Gasteiger partial charge in [0.05, 0.1) is 18.1 Å². The third kappa shape index (κ3) is 5.15. The second kappa shape index (κ2) is 9.64. The number of carbonyl (C=O) groups is 1. The molecule has 31 heavy (non-hydrogen) atoms. The molecule has 4 rings (SSSR count). The SMILES string of the molecule is O=C(c1ccc(N2CCOCC2)c([N+](=O)[O-])c1)N1CCN(Cc2cccc(Cl)c2)CC1. The molecule has 0 radical (unpaired) electrons. The molecular formula is C22H25ClN4O4. The highest BCUT2D eigenvalue weighted by atomic mass is 35.5. The van der Waals surface area contributed by atoms with Gasteiger partial charge < -0.3 is 14.5 Å². The second-order valence-electron chi connectivity index (χ2n) is 7.76. The van der Waals surface area contributed by atoms with E-state index in [9.17, 15) is 14.9 Å². The summed E-state index contributed by atoms with van der Waals surface area (Å²) in [7, 11) is 0. The Morgan fingerprint density at radius 2 is 1.77 bits per heavy atom. The summed E-state index contributed by atoms with van der Waals surface area (Å²) in [6.07, 6.45) is 0. The van der Waals surface area contributed by atoms with E-state index in [1.165, 1.54) is 6.07 Å². The monoisotopic (exact) mass is 444 g/mol. The van der Waals surface area contributed by atoms with Crippen molar-refractivity contribution in [2.45, 2.75) is 6.54 Å². The maximum atomic E-state index is 13.0. The van der Waals surface area contributed by atoms with Crippen LogP contribution in [-0.4, -0.2) is 73.1 Å². The molecule has 0 aliphatic carbocycles. The van der Waals surface area contributed by atoms with Crippen molar-refractivity contribution in [3.05, 3.63) is 68.7 Å². The first-order chi connectivity index (χ1) is 15.0. The number of nitro groups is 1. The number of morpholine rings is 1. The van der Waals surface area contributed by atoms with Crippen LogP contribution in [0.5, 0.6) is 0 Å². The van der Waals surface area contributed by atoms with E-state index in [1.807, 2.05) is 29.2 Å². The highest BCUT2D eigenvalue weighted by Crippen LogP contribution is 2.30. The van der Waals surface area contributed by atoms with E-state index in [0.717, 1.165) is 25.2 Å². The molecule has 0 spiro atoms. The van der Waals surface area contributed by atoms with Gasteiger partial charge in [0, 0.05) is 62.5 Å². The number of piperazine rings is 1. The fourth-order valence-electron chi connectivity index (χ4n) is 4.06. The van der Waals surface area contributed by atoms with Crippen LogP contribution in [0.4, 0.5) is 11.4 Å². The van der Waals surface area contributed by atoms with E-state index >= 15 is 0 Å². The number of hydrogen-bond acceptors (Lipinski definition) is 6. The van der Waals surface area contributed by atoms with E-state index in [-0.39, 0.29) is 11.6 Å². The predicted molar refractivity (Wildman–Crippen MR) is 119 cm³/mol. The van der Waals surface area contributed by atoms with Gasteiger partial charge >= 0.3 is 0 Å². The lowest BCUT2D eigenvalue weighted by molar-refractivity contribution is -0.384. The molecule has 0 saturated carbocycles. The molecule has 2 aliphatic rings. The molecule has 9 heteroatoms. The van der Waals surface area contributed by atoms with Crippen LogP contribution >= 0.6 is 11.6 Å². The van der Waals surface area contributed by atoms with Crippen molar-refractivity contribution in [1.82, 2.24) is 9.80 Å². The van der Waals surface area contributed by atoms with Crippen LogP contribution in [-0.2, 0) is 11.3 Å². The molecule has 0 N–H and O–H groups in total. The molecule has 1 amide bonds. The average Bonchev–Trinajstić information content (AvgIpc) is 2.79. The number of halogens is 1. The van der Waals surface area contributed by atoms with Crippen molar-refractivity contribution < 1.29 is 14.5 Å². The van der Waals surface area contributed by atoms with Crippen LogP contribution < -0.4 is 4.90 Å². The standard InChI is InChI=1S/C22H25ClN4O4/c23-19-3-1-2-17(14-19)16-24-6-8-26(9-7-24)22(28)18-4-5-20(21(15-18)27(29)30)25-10-12-31-13-11-25/h1-5,14-15H,6-13,16H2. The van der Waals surface area contributed by atoms with Crippen LogP contribution in [0.1, 0.15) is 15.9 Å². The van der Waals surface area contributed by atoms with Gasteiger partial charge in [-0.3, -0.25) is 19.8 Å². The molecule has 2 aromatic rings. The van der Waals surface area contributed by atoms with E-state index in [1.54, 1.807) is 17.0 Å². The van der Waals surface area contributed by atoms with Crippen LogP contribution in [0, 0.1) is 10.1 Å². The van der Waals surface area contributed by atoms with Crippen molar-refractivity contribution in [3.63, 3.8) is 0 Å². The Hall–Kier alpha value is -2.68. The third-order valence-electron chi connectivity index (χ3n) is 5.73. The fourth-order valence-corrected chi connectivity index (χ4v) is 4.27. The van der Waals surface area contributed by atoms with Gasteiger partial charge in [0.15, 0.2) is 0 Å². The van der Waals surface area contributed by atoms with Gasteiger partial charge in [0.25, 0.3) is 11.6 Å². The quantitative estimate of drug-likeness (QED) is 0.521. The molecule has 2 heterocycles. The first-order valence-electron chi connectivity index (χ1n) is 10.4. The highest BCUT2D eigenvalue weighted by Gasteiger charge is 2.27. The number of ether oxygens (including phenoxy) is 1. The molecule has 2 fully saturated rings. The van der Waals surface area contributed by atoms with Gasteiger partial charge in [-0.15, -0.1) is 0 Å². The Morgan fingerprint density at radius 3 is 2.45 bits per heavy atom. The number of rotatable bonds is 5. The summed E-state index contributed by atoms with van der Waals surface area (Å²) in [6.45, 7) is 5.71. The van der Waals surface area contributed by atoms with Crippen LogP contribution in [0.15, 0.2) is 42.5 Å². The lowest BCUT2D eigenvalue weighted by Crippen LogP contribution is -2.48. The average molecular weight is 445 g/mol. The summed E-state index contributed by atoms with van der Waals surface area (Å²) in [5.41, 5.74) is 2.00. The fraction of sp³-hybridized carbons (Fsp3) is 0.409. The zero-order valence-electron chi connectivity index (χ0n) is 17.2. The first kappa shape index (κ1) is 21.5. The molecule has 2 aromatic carbocycles. The van der Waals surface area contributed by atoms with Gasteiger partial charge in [-0.1, -0.05) is 23.7 Å². The topological polar surface area (TPSA) is 79.2 Å². The van der Waals surface area contributed by atoms with Gasteiger partial charge in [-0.05, 0) is 29.8 Å². The van der Waals surface area contributed by atoms with Gasteiger partial charge in [0.1, 0.15) is 5.69 Å². The van der Waals surface area contributed by atoms with E-state index < -0.39 is 4.92 Å². The van der Waals surface area contributed by atoms with E-state index in [4.69, 9.17) is 16.3 Å². The lowest BCUT2D eigenvalue weighted by atomic mass is 10.1. The molecule has 0 unspecified atom stereocenters. The Labute approximate surface area is 186 Å². The van der Waals surface area contributed by atoms with Gasteiger partial charge in [0.2, 0.25) is 0 Å². The number of nitrogens with zero attached hydrogens (tertiary/aromatic N) is 4. The Morgan fingerprint density at radius 1 is 1.03 bits per heavy atom. The lowest BCUT2D eigenvalue weighted by Gasteiger charge is -2.35. The Balaban J connectivity index is 1.41.